The molecule has 1 atom stereocenters. The van der Waals surface area contributed by atoms with E-state index in [-0.39, 0.29) is 23.8 Å². The van der Waals surface area contributed by atoms with E-state index in [0.29, 0.717) is 19.5 Å². The Morgan fingerprint density at radius 2 is 2.04 bits per heavy atom. The van der Waals surface area contributed by atoms with E-state index in [1.54, 1.807) is 25.7 Å². The normalized spacial score (nSPS) is 17.7. The van der Waals surface area contributed by atoms with Gasteiger partial charge >= 0.3 is 12.3 Å². The minimum absolute atomic E-state index is 0.0383. The Morgan fingerprint density at radius 1 is 1.35 bits per heavy atom. The fourth-order valence-corrected chi connectivity index (χ4v) is 2.58. The van der Waals surface area contributed by atoms with Crippen molar-refractivity contribution in [3.63, 3.8) is 0 Å². The number of hydrogen-bond donors (Lipinski definition) is 0. The molecule has 1 aromatic rings. The first-order valence-corrected chi connectivity index (χ1v) is 8.21. The van der Waals surface area contributed by atoms with Gasteiger partial charge in [-0.15, -0.1) is 0 Å². The maximum Gasteiger partial charge on any atom is 0.416 e. The number of benzene rings is 1. The van der Waals surface area contributed by atoms with E-state index in [2.05, 4.69) is 0 Å². The Hall–Kier alpha value is -2.43. The Bertz CT molecular complexity index is 705. The van der Waals surface area contributed by atoms with Crippen LogP contribution in [0.1, 0.15) is 38.3 Å². The molecule has 1 aliphatic rings. The summed E-state index contributed by atoms with van der Waals surface area (Å²) in [4.78, 5) is 13.6. The van der Waals surface area contributed by atoms with Gasteiger partial charge in [0.05, 0.1) is 17.7 Å². The summed E-state index contributed by atoms with van der Waals surface area (Å²) < 4.78 is 49.2. The zero-order chi connectivity index (χ0) is 19.5. The van der Waals surface area contributed by atoms with Gasteiger partial charge in [0.25, 0.3) is 0 Å². The highest BCUT2D eigenvalue weighted by Gasteiger charge is 2.32. The molecule has 2 rings (SSSR count). The van der Waals surface area contributed by atoms with E-state index < -0.39 is 23.4 Å². The summed E-state index contributed by atoms with van der Waals surface area (Å²) in [6.45, 7) is 6.34. The van der Waals surface area contributed by atoms with Gasteiger partial charge in [-0.2, -0.15) is 18.4 Å². The Kier molecular flexibility index (Phi) is 5.69. The average Bonchev–Trinajstić information content (AvgIpc) is 2.99. The molecule has 1 fully saturated rings. The van der Waals surface area contributed by atoms with Gasteiger partial charge in [-0.25, -0.2) is 4.79 Å². The van der Waals surface area contributed by atoms with Crippen LogP contribution in [0, 0.1) is 17.2 Å². The third kappa shape index (κ3) is 5.28. The molecular weight excluding hydrogens is 349 g/mol. The monoisotopic (exact) mass is 370 g/mol. The quantitative estimate of drug-likeness (QED) is 0.799. The van der Waals surface area contributed by atoms with Gasteiger partial charge in [0.1, 0.15) is 17.4 Å². The summed E-state index contributed by atoms with van der Waals surface area (Å²) in [5, 5.41) is 9.05. The number of likely N-dealkylation sites (tertiary alicyclic amines) is 1. The second-order valence-electron chi connectivity index (χ2n) is 7.21. The molecule has 0 radical (unpaired) electrons. The number of hydrogen-bond acceptors (Lipinski definition) is 4. The van der Waals surface area contributed by atoms with Crippen molar-refractivity contribution in [3.8, 4) is 11.8 Å². The van der Waals surface area contributed by atoms with E-state index in [1.807, 2.05) is 6.07 Å². The topological polar surface area (TPSA) is 62.6 Å². The Labute approximate surface area is 150 Å². The first kappa shape index (κ1) is 19.9. The lowest BCUT2D eigenvalue weighted by Crippen LogP contribution is -2.35. The smallest absolute Gasteiger partial charge is 0.416 e. The highest BCUT2D eigenvalue weighted by molar-refractivity contribution is 5.68. The van der Waals surface area contributed by atoms with Crippen LogP contribution < -0.4 is 4.74 Å². The molecular formula is C18H21F3N2O3. The van der Waals surface area contributed by atoms with Gasteiger partial charge in [-0.1, -0.05) is 0 Å². The van der Waals surface area contributed by atoms with Crippen LogP contribution in [0.4, 0.5) is 18.0 Å². The van der Waals surface area contributed by atoms with Crippen LogP contribution in [0.2, 0.25) is 0 Å². The lowest BCUT2D eigenvalue weighted by molar-refractivity contribution is -0.137. The maximum absolute atomic E-state index is 12.8. The lowest BCUT2D eigenvalue weighted by Gasteiger charge is -2.24. The number of nitrogens with zero attached hydrogens (tertiary/aromatic N) is 2. The minimum atomic E-state index is -4.51. The lowest BCUT2D eigenvalue weighted by atomic mass is 10.1. The maximum atomic E-state index is 12.8. The van der Waals surface area contributed by atoms with E-state index in [0.717, 1.165) is 18.2 Å². The van der Waals surface area contributed by atoms with E-state index in [1.165, 1.54) is 0 Å². The van der Waals surface area contributed by atoms with Crippen LogP contribution in [0.3, 0.4) is 0 Å². The molecule has 1 aromatic carbocycles. The molecule has 0 aromatic heterocycles. The molecule has 1 heterocycles. The number of halogens is 3. The number of carbonyl (C=O) groups is 1. The van der Waals surface area contributed by atoms with Gasteiger partial charge in [0.2, 0.25) is 0 Å². The molecule has 0 aliphatic carbocycles. The molecule has 0 spiro atoms. The van der Waals surface area contributed by atoms with Crippen LogP contribution in [0.25, 0.3) is 0 Å². The van der Waals surface area contributed by atoms with Crippen LogP contribution in [-0.2, 0) is 10.9 Å². The fraction of sp³-hybridized carbons (Fsp3) is 0.556. The standard InChI is InChI=1S/C18H21F3N2O3/c1-17(2,3)26-16(24)23-7-6-12(10-23)11-25-15-8-14(18(19,20)21)5-4-13(15)9-22/h4-5,8,12H,6-7,10-11H2,1-3H3. The van der Waals surface area contributed by atoms with Crippen molar-refractivity contribution in [1.29, 1.82) is 5.26 Å². The first-order chi connectivity index (χ1) is 12.0. The number of carbonyl (C=O) groups excluding carboxylic acids is 1. The molecule has 0 N–H and O–H groups in total. The highest BCUT2D eigenvalue weighted by atomic mass is 19.4. The van der Waals surface area contributed by atoms with Crippen LogP contribution >= 0.6 is 0 Å². The van der Waals surface area contributed by atoms with Crippen molar-refractivity contribution in [2.24, 2.45) is 5.92 Å². The zero-order valence-corrected chi connectivity index (χ0v) is 14.9. The molecule has 1 aliphatic heterocycles. The average molecular weight is 370 g/mol. The number of nitriles is 1. The summed E-state index contributed by atoms with van der Waals surface area (Å²) >= 11 is 0. The Balaban J connectivity index is 1.98. The summed E-state index contributed by atoms with van der Waals surface area (Å²) in [6, 6.07) is 4.61. The fourth-order valence-electron chi connectivity index (χ4n) is 2.58. The predicted octanol–water partition coefficient (Wildman–Crippen LogP) is 4.21. The highest BCUT2D eigenvalue weighted by Crippen LogP contribution is 2.33. The van der Waals surface area contributed by atoms with E-state index in [4.69, 9.17) is 14.7 Å². The van der Waals surface area contributed by atoms with Crippen molar-refractivity contribution in [2.75, 3.05) is 19.7 Å². The summed E-state index contributed by atoms with van der Waals surface area (Å²) in [5.74, 6) is -0.137. The van der Waals surface area contributed by atoms with Crippen molar-refractivity contribution >= 4 is 6.09 Å². The van der Waals surface area contributed by atoms with Gasteiger partial charge < -0.3 is 14.4 Å². The van der Waals surface area contributed by atoms with Crippen LogP contribution in [0.5, 0.6) is 5.75 Å². The van der Waals surface area contributed by atoms with Crippen molar-refractivity contribution in [3.05, 3.63) is 29.3 Å². The third-order valence-electron chi connectivity index (χ3n) is 3.84. The summed E-state index contributed by atoms with van der Waals surface area (Å²) in [7, 11) is 0. The SMILES string of the molecule is CC(C)(C)OC(=O)N1CCC(COc2cc(C(F)(F)F)ccc2C#N)C1. The molecule has 0 saturated carbocycles. The largest absolute Gasteiger partial charge is 0.492 e. The molecule has 0 bridgehead atoms. The number of alkyl halides is 3. The second kappa shape index (κ2) is 7.44. The van der Waals surface area contributed by atoms with E-state index >= 15 is 0 Å². The van der Waals surface area contributed by atoms with Gasteiger partial charge in [0, 0.05) is 19.0 Å². The zero-order valence-electron chi connectivity index (χ0n) is 14.9. The van der Waals surface area contributed by atoms with Crippen molar-refractivity contribution in [2.45, 2.75) is 39.0 Å². The van der Waals surface area contributed by atoms with Gasteiger partial charge in [0.15, 0.2) is 0 Å². The first-order valence-electron chi connectivity index (χ1n) is 8.21. The number of ether oxygens (including phenoxy) is 2. The molecule has 142 valence electrons. The molecule has 8 heteroatoms. The minimum Gasteiger partial charge on any atom is -0.492 e. The third-order valence-corrected chi connectivity index (χ3v) is 3.84. The summed E-state index contributed by atoms with van der Waals surface area (Å²) in [6.07, 6.45) is -4.27. The summed E-state index contributed by atoms with van der Waals surface area (Å²) in [5.41, 5.74) is -1.42. The van der Waals surface area contributed by atoms with Crippen LogP contribution in [-0.4, -0.2) is 36.3 Å². The molecule has 1 unspecified atom stereocenters. The van der Waals surface area contributed by atoms with Crippen molar-refractivity contribution in [1.82, 2.24) is 4.90 Å². The van der Waals surface area contributed by atoms with E-state index in [9.17, 15) is 18.0 Å². The molecule has 1 amide bonds. The predicted molar refractivity (Wildman–Crippen MR) is 87.6 cm³/mol. The van der Waals surface area contributed by atoms with Gasteiger partial charge in [-0.05, 0) is 45.4 Å². The molecule has 1 saturated heterocycles. The van der Waals surface area contributed by atoms with Gasteiger partial charge in [-0.3, -0.25) is 0 Å². The number of rotatable bonds is 3. The molecule has 5 nitrogen and oxygen atoms in total. The molecule has 26 heavy (non-hydrogen) atoms. The second-order valence-corrected chi connectivity index (χ2v) is 7.21. The van der Waals surface area contributed by atoms with Crippen LogP contribution in [0.15, 0.2) is 18.2 Å². The number of amides is 1. The Morgan fingerprint density at radius 3 is 2.62 bits per heavy atom. The van der Waals surface area contributed by atoms with Crippen molar-refractivity contribution < 1.29 is 27.4 Å².